The van der Waals surface area contributed by atoms with E-state index in [1.54, 1.807) is 24.4 Å². The highest BCUT2D eigenvalue weighted by atomic mass is 32.2. The van der Waals surface area contributed by atoms with E-state index in [0.717, 1.165) is 0 Å². The van der Waals surface area contributed by atoms with E-state index in [-0.39, 0.29) is 11.4 Å². The van der Waals surface area contributed by atoms with Crippen LogP contribution in [0.4, 0.5) is 0 Å². The number of pyridine rings is 1. The molecule has 1 heterocycles. The Labute approximate surface area is 112 Å². The summed E-state index contributed by atoms with van der Waals surface area (Å²) in [6.07, 6.45) is 3.08. The maximum atomic E-state index is 12.2. The van der Waals surface area contributed by atoms with Crippen LogP contribution in [0.5, 0.6) is 5.75 Å². The van der Waals surface area contributed by atoms with Gasteiger partial charge in [-0.25, -0.2) is 13.1 Å². The molecule has 1 N–H and O–H groups in total. The number of sulfonamides is 1. The van der Waals surface area contributed by atoms with Crippen molar-refractivity contribution >= 4 is 20.9 Å². The molecule has 0 aliphatic rings. The lowest BCUT2D eigenvalue weighted by molar-refractivity contribution is 0.418. The van der Waals surface area contributed by atoms with Gasteiger partial charge in [-0.1, -0.05) is 6.08 Å². The molecule has 0 aliphatic heterocycles. The molecule has 0 bridgehead atoms. The number of methoxy groups -OCH3 is 1. The van der Waals surface area contributed by atoms with Crippen molar-refractivity contribution < 1.29 is 13.2 Å². The van der Waals surface area contributed by atoms with Crippen LogP contribution in [-0.2, 0) is 10.0 Å². The lowest BCUT2D eigenvalue weighted by atomic mass is 10.2. The number of rotatable bonds is 5. The van der Waals surface area contributed by atoms with Gasteiger partial charge in [0.1, 0.15) is 11.3 Å². The van der Waals surface area contributed by atoms with Crippen molar-refractivity contribution in [1.29, 1.82) is 0 Å². The van der Waals surface area contributed by atoms with Gasteiger partial charge in [0.25, 0.3) is 0 Å². The van der Waals surface area contributed by atoms with Crippen LogP contribution in [0.3, 0.4) is 0 Å². The van der Waals surface area contributed by atoms with Crippen molar-refractivity contribution in [2.75, 3.05) is 13.7 Å². The normalized spacial score (nSPS) is 11.4. The van der Waals surface area contributed by atoms with Crippen LogP contribution in [0.2, 0.25) is 0 Å². The smallest absolute Gasteiger partial charge is 0.241 e. The Morgan fingerprint density at radius 1 is 1.42 bits per heavy atom. The molecule has 0 saturated carbocycles. The molecule has 0 fully saturated rings. The average Bonchev–Trinajstić information content (AvgIpc) is 2.43. The zero-order valence-corrected chi connectivity index (χ0v) is 11.3. The van der Waals surface area contributed by atoms with Gasteiger partial charge in [-0.2, -0.15) is 0 Å². The molecular weight excluding hydrogens is 264 g/mol. The molecule has 5 nitrogen and oxygen atoms in total. The molecule has 1 aromatic carbocycles. The highest BCUT2D eigenvalue weighted by molar-refractivity contribution is 7.89. The lowest BCUT2D eigenvalue weighted by Gasteiger charge is -2.10. The fraction of sp³-hybridized carbons (Fsp3) is 0.154. The molecule has 0 amide bonds. The van der Waals surface area contributed by atoms with Crippen molar-refractivity contribution in [3.8, 4) is 5.75 Å². The van der Waals surface area contributed by atoms with Crippen LogP contribution in [-0.4, -0.2) is 27.1 Å². The van der Waals surface area contributed by atoms with E-state index < -0.39 is 10.0 Å². The molecule has 0 saturated heterocycles. The van der Waals surface area contributed by atoms with Gasteiger partial charge >= 0.3 is 0 Å². The number of nitrogens with one attached hydrogen (secondary N) is 1. The minimum absolute atomic E-state index is 0.177. The van der Waals surface area contributed by atoms with Crippen molar-refractivity contribution in [3.63, 3.8) is 0 Å². The Balaban J connectivity index is 2.66. The Bertz CT molecular complexity index is 711. The minimum Gasteiger partial charge on any atom is -0.494 e. The van der Waals surface area contributed by atoms with Crippen LogP contribution in [0, 0.1) is 0 Å². The van der Waals surface area contributed by atoms with Crippen molar-refractivity contribution in [3.05, 3.63) is 43.1 Å². The quantitative estimate of drug-likeness (QED) is 0.845. The summed E-state index contributed by atoms with van der Waals surface area (Å²) >= 11 is 0. The first-order chi connectivity index (χ1) is 9.10. The molecule has 0 unspecified atom stereocenters. The number of benzene rings is 1. The first-order valence-corrected chi connectivity index (χ1v) is 7.10. The molecule has 0 spiro atoms. The fourth-order valence-corrected chi connectivity index (χ4v) is 2.96. The van der Waals surface area contributed by atoms with Gasteiger partial charge in [-0.15, -0.1) is 6.58 Å². The van der Waals surface area contributed by atoms with Crippen LogP contribution in [0.15, 0.2) is 48.0 Å². The fourth-order valence-electron chi connectivity index (χ4n) is 1.77. The van der Waals surface area contributed by atoms with Gasteiger partial charge in [0, 0.05) is 18.1 Å². The van der Waals surface area contributed by atoms with E-state index in [1.165, 1.54) is 19.3 Å². The summed E-state index contributed by atoms with van der Waals surface area (Å²) in [5.41, 5.74) is 0.520. The Morgan fingerprint density at radius 3 is 2.89 bits per heavy atom. The van der Waals surface area contributed by atoms with E-state index in [1.807, 2.05) is 0 Å². The summed E-state index contributed by atoms with van der Waals surface area (Å²) in [5, 5.41) is 0.526. The monoisotopic (exact) mass is 278 g/mol. The highest BCUT2D eigenvalue weighted by Gasteiger charge is 2.18. The summed E-state index contributed by atoms with van der Waals surface area (Å²) in [6.45, 7) is 3.66. The predicted molar refractivity (Wildman–Crippen MR) is 73.7 cm³/mol. The Kier molecular flexibility index (Phi) is 3.82. The van der Waals surface area contributed by atoms with Gasteiger partial charge in [0.2, 0.25) is 10.0 Å². The van der Waals surface area contributed by atoms with E-state index >= 15 is 0 Å². The molecule has 6 heteroatoms. The topological polar surface area (TPSA) is 68.3 Å². The van der Waals surface area contributed by atoms with Crippen molar-refractivity contribution in [1.82, 2.24) is 9.71 Å². The number of fused-ring (bicyclic) bond motifs is 1. The summed E-state index contributed by atoms with van der Waals surface area (Å²) in [5.74, 6) is 0.540. The zero-order valence-electron chi connectivity index (χ0n) is 10.5. The Hall–Kier alpha value is -1.92. The second kappa shape index (κ2) is 5.38. The largest absolute Gasteiger partial charge is 0.494 e. The first kappa shape index (κ1) is 13.5. The van der Waals surface area contributed by atoms with Gasteiger partial charge in [0.15, 0.2) is 0 Å². The van der Waals surface area contributed by atoms with Crippen molar-refractivity contribution in [2.45, 2.75) is 4.90 Å². The summed E-state index contributed by atoms with van der Waals surface area (Å²) in [6, 6.07) is 6.49. The molecule has 2 rings (SSSR count). The molecule has 100 valence electrons. The summed E-state index contributed by atoms with van der Waals surface area (Å²) in [4.78, 5) is 4.35. The minimum atomic E-state index is -3.59. The third-order valence-corrected chi connectivity index (χ3v) is 4.10. The zero-order chi connectivity index (χ0) is 13.9. The maximum absolute atomic E-state index is 12.2. The lowest BCUT2D eigenvalue weighted by Crippen LogP contribution is -2.23. The van der Waals surface area contributed by atoms with Crippen molar-refractivity contribution in [2.24, 2.45) is 0 Å². The first-order valence-electron chi connectivity index (χ1n) is 5.62. The number of nitrogens with zero attached hydrogens (tertiary/aromatic N) is 1. The Morgan fingerprint density at radius 2 is 2.21 bits per heavy atom. The number of ether oxygens (including phenoxy) is 1. The third-order valence-electron chi connectivity index (χ3n) is 2.62. The molecule has 19 heavy (non-hydrogen) atoms. The molecule has 0 radical (unpaired) electrons. The van der Waals surface area contributed by atoms with Crippen LogP contribution >= 0.6 is 0 Å². The standard InChI is InChI=1S/C13H14N2O3S/c1-3-8-15-19(16,17)12-7-6-11(18-2)13-10(12)5-4-9-14-13/h3-7,9,15H,1,8H2,2H3. The predicted octanol–water partition coefficient (Wildman–Crippen LogP) is 1.71. The van der Waals surface area contributed by atoms with Gasteiger partial charge < -0.3 is 4.74 Å². The highest BCUT2D eigenvalue weighted by Crippen LogP contribution is 2.28. The average molecular weight is 278 g/mol. The molecule has 2 aromatic rings. The molecule has 0 aliphatic carbocycles. The second-order valence-corrected chi connectivity index (χ2v) is 5.54. The molecular formula is C13H14N2O3S. The van der Waals surface area contributed by atoms with Gasteiger partial charge in [0.05, 0.1) is 12.0 Å². The van der Waals surface area contributed by atoms with Crippen LogP contribution < -0.4 is 9.46 Å². The van der Waals surface area contributed by atoms with E-state index in [4.69, 9.17) is 4.74 Å². The summed E-state index contributed by atoms with van der Waals surface area (Å²) in [7, 11) is -2.07. The van der Waals surface area contributed by atoms with Gasteiger partial charge in [-0.05, 0) is 24.3 Å². The number of aromatic nitrogens is 1. The van der Waals surface area contributed by atoms with E-state index in [9.17, 15) is 8.42 Å². The third kappa shape index (κ3) is 2.59. The number of hydrogen-bond acceptors (Lipinski definition) is 4. The van der Waals surface area contributed by atoms with E-state index in [2.05, 4.69) is 16.3 Å². The molecule has 0 atom stereocenters. The van der Waals surface area contributed by atoms with Crippen LogP contribution in [0.1, 0.15) is 0 Å². The molecule has 1 aromatic heterocycles. The van der Waals surface area contributed by atoms with Crippen LogP contribution in [0.25, 0.3) is 10.9 Å². The summed E-state index contributed by atoms with van der Waals surface area (Å²) < 4.78 is 32.0. The second-order valence-electron chi connectivity index (χ2n) is 3.81. The van der Waals surface area contributed by atoms with Gasteiger partial charge in [-0.3, -0.25) is 4.98 Å². The maximum Gasteiger partial charge on any atom is 0.241 e. The number of hydrogen-bond donors (Lipinski definition) is 1. The van der Waals surface area contributed by atoms with E-state index in [0.29, 0.717) is 16.7 Å². The SMILES string of the molecule is C=CCNS(=O)(=O)c1ccc(OC)c2ncccc12.